The fourth-order valence-electron chi connectivity index (χ4n) is 3.58. The van der Waals surface area contributed by atoms with Crippen molar-refractivity contribution < 1.29 is 14.3 Å². The van der Waals surface area contributed by atoms with Gasteiger partial charge in [-0.05, 0) is 55.5 Å². The Kier molecular flexibility index (Phi) is 5.92. The van der Waals surface area contributed by atoms with Gasteiger partial charge in [-0.1, -0.05) is 26.8 Å². The largest absolute Gasteiger partial charge is 0.493 e. The molecule has 0 radical (unpaired) electrons. The number of benzene rings is 1. The third kappa shape index (κ3) is 4.35. The van der Waals surface area contributed by atoms with Gasteiger partial charge in [0.25, 0.3) is 0 Å². The molecule has 0 fully saturated rings. The van der Waals surface area contributed by atoms with Gasteiger partial charge in [0.05, 0.1) is 13.7 Å². The van der Waals surface area contributed by atoms with Crippen molar-refractivity contribution in [2.75, 3.05) is 13.7 Å². The van der Waals surface area contributed by atoms with E-state index in [0.717, 1.165) is 30.8 Å². The van der Waals surface area contributed by atoms with E-state index in [0.29, 0.717) is 0 Å². The second-order valence-corrected chi connectivity index (χ2v) is 11.3. The molecule has 1 aromatic heterocycles. The van der Waals surface area contributed by atoms with Crippen molar-refractivity contribution >= 4 is 29.1 Å². The van der Waals surface area contributed by atoms with Gasteiger partial charge in [-0.3, -0.25) is 4.79 Å². The first-order chi connectivity index (χ1) is 12.7. The Hall–Kier alpha value is -1.46. The molecule has 0 amide bonds. The Bertz CT molecular complexity index is 846. The molecule has 1 aliphatic heterocycles. The molecular weight excluding hydrogens is 376 g/mol. The first kappa shape index (κ1) is 20.3. The molecule has 5 heteroatoms. The van der Waals surface area contributed by atoms with Gasteiger partial charge in [-0.15, -0.1) is 23.1 Å². The predicted molar refractivity (Wildman–Crippen MR) is 115 cm³/mol. The van der Waals surface area contributed by atoms with E-state index < -0.39 is 0 Å². The van der Waals surface area contributed by atoms with Crippen LogP contribution >= 0.6 is 23.1 Å². The van der Waals surface area contributed by atoms with Gasteiger partial charge in [0, 0.05) is 20.1 Å². The smallest absolute Gasteiger partial charge is 0.323 e. The van der Waals surface area contributed by atoms with Crippen LogP contribution in [-0.2, 0) is 16.0 Å². The summed E-state index contributed by atoms with van der Waals surface area (Å²) < 4.78 is 10.9. The summed E-state index contributed by atoms with van der Waals surface area (Å²) in [6.07, 6.45) is 2.09. The van der Waals surface area contributed by atoms with Crippen molar-refractivity contribution in [1.29, 1.82) is 0 Å². The van der Waals surface area contributed by atoms with E-state index in [1.807, 2.05) is 0 Å². The van der Waals surface area contributed by atoms with Gasteiger partial charge >= 0.3 is 5.97 Å². The summed E-state index contributed by atoms with van der Waals surface area (Å²) in [7, 11) is 1.48. The van der Waals surface area contributed by atoms with E-state index in [9.17, 15) is 4.79 Å². The van der Waals surface area contributed by atoms with Gasteiger partial charge in [-0.2, -0.15) is 0 Å². The van der Waals surface area contributed by atoms with E-state index in [4.69, 9.17) is 9.47 Å². The standard InChI is InChI=1S/C22H28O3S2/c1-13-18(16-9-10-17-15(12-16)8-7-11-25-17)19(14(2)26-13)20(21(23)24-6)27-22(3,4)5/h9-10,12,20H,7-8,11H2,1-6H3. The van der Waals surface area contributed by atoms with Crippen LogP contribution in [0.15, 0.2) is 18.2 Å². The maximum absolute atomic E-state index is 12.7. The van der Waals surface area contributed by atoms with Crippen molar-refractivity contribution in [3.05, 3.63) is 39.1 Å². The number of thiophene rings is 1. The fourth-order valence-corrected chi connectivity index (χ4v) is 6.08. The monoisotopic (exact) mass is 404 g/mol. The minimum absolute atomic E-state index is 0.0535. The average molecular weight is 405 g/mol. The highest BCUT2D eigenvalue weighted by atomic mass is 32.2. The third-order valence-corrected chi connectivity index (χ3v) is 7.06. The molecular formula is C22H28O3S2. The minimum Gasteiger partial charge on any atom is -0.493 e. The lowest BCUT2D eigenvalue weighted by molar-refractivity contribution is -0.140. The number of methoxy groups -OCH3 is 1. The zero-order chi connectivity index (χ0) is 19.8. The maximum atomic E-state index is 12.7. The van der Waals surface area contributed by atoms with Crippen LogP contribution in [-0.4, -0.2) is 24.4 Å². The lowest BCUT2D eigenvalue weighted by Gasteiger charge is -2.26. The first-order valence-corrected chi connectivity index (χ1v) is 11.0. The number of ether oxygens (including phenoxy) is 2. The number of aryl methyl sites for hydroxylation is 3. The Morgan fingerprint density at radius 1 is 1.26 bits per heavy atom. The zero-order valence-corrected chi connectivity index (χ0v) is 18.6. The zero-order valence-electron chi connectivity index (χ0n) is 17.0. The normalized spacial score (nSPS) is 15.0. The summed E-state index contributed by atoms with van der Waals surface area (Å²) in [6.45, 7) is 11.5. The van der Waals surface area contributed by atoms with Crippen LogP contribution < -0.4 is 4.74 Å². The van der Waals surface area contributed by atoms with Crippen LogP contribution in [0, 0.1) is 13.8 Å². The summed E-state index contributed by atoms with van der Waals surface area (Å²) in [4.78, 5) is 15.1. The molecule has 0 aliphatic carbocycles. The van der Waals surface area contributed by atoms with Gasteiger partial charge in [0.15, 0.2) is 0 Å². The lowest BCUT2D eigenvalue weighted by Crippen LogP contribution is -2.19. The molecule has 1 aliphatic rings. The van der Waals surface area contributed by atoms with Crippen molar-refractivity contribution in [2.24, 2.45) is 0 Å². The summed E-state index contributed by atoms with van der Waals surface area (Å²) in [5, 5.41) is -0.331. The molecule has 2 aromatic rings. The average Bonchev–Trinajstić information content (AvgIpc) is 2.91. The fraction of sp³-hybridized carbons (Fsp3) is 0.500. The predicted octanol–water partition coefficient (Wildman–Crippen LogP) is 6.10. The summed E-state index contributed by atoms with van der Waals surface area (Å²) in [5.74, 6) is 0.808. The number of fused-ring (bicyclic) bond motifs is 1. The first-order valence-electron chi connectivity index (χ1n) is 9.33. The number of hydrogen-bond acceptors (Lipinski definition) is 5. The van der Waals surface area contributed by atoms with Crippen molar-refractivity contribution in [3.63, 3.8) is 0 Å². The molecule has 1 aromatic carbocycles. The maximum Gasteiger partial charge on any atom is 0.323 e. The second-order valence-electron chi connectivity index (χ2n) is 7.91. The Morgan fingerprint density at radius 2 is 2.00 bits per heavy atom. The molecule has 0 spiro atoms. The number of hydrogen-bond donors (Lipinski definition) is 0. The molecule has 0 saturated heterocycles. The Balaban J connectivity index is 2.13. The Labute approximate surface area is 170 Å². The highest BCUT2D eigenvalue weighted by Crippen LogP contribution is 2.48. The van der Waals surface area contributed by atoms with Crippen molar-refractivity contribution in [3.8, 4) is 16.9 Å². The lowest BCUT2D eigenvalue weighted by atomic mass is 9.94. The molecule has 3 rings (SSSR count). The van der Waals surface area contributed by atoms with Crippen LogP contribution in [0.4, 0.5) is 0 Å². The third-order valence-electron chi connectivity index (χ3n) is 4.65. The SMILES string of the molecule is COC(=O)C(SC(C)(C)C)c1c(C)sc(C)c1-c1ccc2c(c1)CCCO2. The number of carbonyl (C=O) groups excluding carboxylic acids is 1. The summed E-state index contributed by atoms with van der Waals surface area (Å²) in [5.41, 5.74) is 4.70. The minimum atomic E-state index is -0.331. The highest BCUT2D eigenvalue weighted by molar-refractivity contribution is 8.01. The molecule has 146 valence electrons. The molecule has 1 unspecified atom stereocenters. The van der Waals surface area contributed by atoms with Gasteiger partial charge < -0.3 is 9.47 Å². The molecule has 27 heavy (non-hydrogen) atoms. The molecule has 2 heterocycles. The van der Waals surface area contributed by atoms with E-state index >= 15 is 0 Å². The Morgan fingerprint density at radius 3 is 2.67 bits per heavy atom. The van der Waals surface area contributed by atoms with Crippen LogP contribution in [0.2, 0.25) is 0 Å². The molecule has 0 saturated carbocycles. The van der Waals surface area contributed by atoms with Gasteiger partial charge in [0.2, 0.25) is 0 Å². The highest BCUT2D eigenvalue weighted by Gasteiger charge is 2.33. The molecule has 1 atom stereocenters. The van der Waals surface area contributed by atoms with Crippen LogP contribution in [0.5, 0.6) is 5.75 Å². The van der Waals surface area contributed by atoms with Gasteiger partial charge in [0.1, 0.15) is 11.0 Å². The quantitative estimate of drug-likeness (QED) is 0.577. The van der Waals surface area contributed by atoms with E-state index in [1.165, 1.54) is 33.6 Å². The van der Waals surface area contributed by atoms with Crippen LogP contribution in [0.1, 0.15) is 53.3 Å². The topological polar surface area (TPSA) is 35.5 Å². The number of thioether (sulfide) groups is 1. The number of esters is 1. The van der Waals surface area contributed by atoms with Crippen molar-refractivity contribution in [1.82, 2.24) is 0 Å². The van der Waals surface area contributed by atoms with Crippen molar-refractivity contribution in [2.45, 2.75) is 57.5 Å². The molecule has 0 bridgehead atoms. The van der Waals surface area contributed by atoms with E-state index in [-0.39, 0.29) is 16.0 Å². The van der Waals surface area contributed by atoms with Crippen LogP contribution in [0.25, 0.3) is 11.1 Å². The molecule has 0 N–H and O–H groups in total. The summed E-state index contributed by atoms with van der Waals surface area (Å²) >= 11 is 3.42. The van der Waals surface area contributed by atoms with Gasteiger partial charge in [-0.25, -0.2) is 0 Å². The van der Waals surface area contributed by atoms with E-state index in [2.05, 4.69) is 52.8 Å². The number of rotatable bonds is 4. The number of carbonyl (C=O) groups is 1. The van der Waals surface area contributed by atoms with E-state index in [1.54, 1.807) is 23.1 Å². The van der Waals surface area contributed by atoms with Crippen LogP contribution in [0.3, 0.4) is 0 Å². The molecule has 3 nitrogen and oxygen atoms in total. The second kappa shape index (κ2) is 7.88. The summed E-state index contributed by atoms with van der Waals surface area (Å²) in [6, 6.07) is 6.44.